The van der Waals surface area contributed by atoms with Crippen molar-refractivity contribution in [3.63, 3.8) is 0 Å². The van der Waals surface area contributed by atoms with Crippen LogP contribution in [0.1, 0.15) is 18.5 Å². The molecule has 0 radical (unpaired) electrons. The first-order valence-corrected chi connectivity index (χ1v) is 6.52. The molecule has 4 nitrogen and oxygen atoms in total. The lowest BCUT2D eigenvalue weighted by molar-refractivity contribution is 0.539. The van der Waals surface area contributed by atoms with Crippen LogP contribution in [0.3, 0.4) is 0 Å². The molecule has 1 rings (SSSR count). The van der Waals surface area contributed by atoms with Crippen molar-refractivity contribution in [3.8, 4) is 0 Å². The molecule has 0 spiro atoms. The van der Waals surface area contributed by atoms with Gasteiger partial charge in [0.05, 0.1) is 18.3 Å². The summed E-state index contributed by atoms with van der Waals surface area (Å²) in [4.78, 5) is 0. The maximum absolute atomic E-state index is 11.1. The zero-order valence-corrected chi connectivity index (χ0v) is 9.17. The maximum Gasteiger partial charge on any atom is 0.149 e. The van der Waals surface area contributed by atoms with Gasteiger partial charge in [0.1, 0.15) is 9.84 Å². The van der Waals surface area contributed by atoms with Crippen molar-refractivity contribution in [1.82, 2.24) is 5.32 Å². The van der Waals surface area contributed by atoms with Gasteiger partial charge in [0.2, 0.25) is 0 Å². The molecule has 1 atom stereocenters. The molecule has 0 aliphatic carbocycles. The lowest BCUT2D eigenvalue weighted by Crippen LogP contribution is -2.27. The molecule has 14 heavy (non-hydrogen) atoms. The molecule has 1 aromatic heterocycles. The van der Waals surface area contributed by atoms with E-state index in [1.165, 1.54) is 6.26 Å². The Hall–Kier alpha value is -0.810. The molecule has 5 heteroatoms. The Morgan fingerprint density at radius 2 is 2.29 bits per heavy atom. The molecule has 0 aliphatic heterocycles. The van der Waals surface area contributed by atoms with E-state index in [0.29, 0.717) is 0 Å². The van der Waals surface area contributed by atoms with Gasteiger partial charge in [-0.15, -0.1) is 0 Å². The van der Waals surface area contributed by atoms with Gasteiger partial charge < -0.3 is 9.73 Å². The lowest BCUT2D eigenvalue weighted by Gasteiger charge is -2.14. The molecule has 0 fully saturated rings. The van der Waals surface area contributed by atoms with Crippen LogP contribution < -0.4 is 5.32 Å². The van der Waals surface area contributed by atoms with Gasteiger partial charge in [-0.05, 0) is 12.6 Å². The third kappa shape index (κ3) is 3.51. The fraction of sp³-hybridized carbons (Fsp3) is 0.556. The summed E-state index contributed by atoms with van der Waals surface area (Å²) in [6.45, 7) is 2.67. The SMILES string of the molecule is CCNC(CS(C)(=O)=O)c1ccoc1. The summed E-state index contributed by atoms with van der Waals surface area (Å²) in [6.07, 6.45) is 4.35. The van der Waals surface area contributed by atoms with Crippen LogP contribution in [0, 0.1) is 0 Å². The van der Waals surface area contributed by atoms with Gasteiger partial charge in [-0.3, -0.25) is 0 Å². The second-order valence-electron chi connectivity index (χ2n) is 3.26. The summed E-state index contributed by atoms with van der Waals surface area (Å²) in [7, 11) is -2.98. The summed E-state index contributed by atoms with van der Waals surface area (Å²) >= 11 is 0. The van der Waals surface area contributed by atoms with Crippen molar-refractivity contribution in [2.24, 2.45) is 0 Å². The smallest absolute Gasteiger partial charge is 0.149 e. The third-order valence-corrected chi connectivity index (χ3v) is 2.80. The highest BCUT2D eigenvalue weighted by atomic mass is 32.2. The van der Waals surface area contributed by atoms with Gasteiger partial charge in [0, 0.05) is 17.9 Å². The summed E-state index contributed by atoms with van der Waals surface area (Å²) in [5, 5.41) is 3.10. The molecule has 1 aromatic rings. The van der Waals surface area contributed by atoms with Gasteiger partial charge in [0.15, 0.2) is 0 Å². The maximum atomic E-state index is 11.1. The first-order chi connectivity index (χ1) is 6.53. The van der Waals surface area contributed by atoms with Crippen LogP contribution in [0.5, 0.6) is 0 Å². The molecular formula is C9H15NO3S. The van der Waals surface area contributed by atoms with E-state index in [4.69, 9.17) is 4.42 Å². The van der Waals surface area contributed by atoms with E-state index in [0.717, 1.165) is 12.1 Å². The summed E-state index contributed by atoms with van der Waals surface area (Å²) in [5.74, 6) is 0.0976. The molecule has 1 heterocycles. The van der Waals surface area contributed by atoms with E-state index in [2.05, 4.69) is 5.32 Å². The molecule has 0 aromatic carbocycles. The van der Waals surface area contributed by atoms with Crippen molar-refractivity contribution in [2.45, 2.75) is 13.0 Å². The van der Waals surface area contributed by atoms with Gasteiger partial charge in [-0.2, -0.15) is 0 Å². The lowest BCUT2D eigenvalue weighted by atomic mass is 10.2. The topological polar surface area (TPSA) is 59.3 Å². The van der Waals surface area contributed by atoms with Crippen molar-refractivity contribution in [3.05, 3.63) is 24.2 Å². The third-order valence-electron chi connectivity index (χ3n) is 1.87. The van der Waals surface area contributed by atoms with Crippen LogP contribution in [-0.2, 0) is 9.84 Å². The highest BCUT2D eigenvalue weighted by Crippen LogP contribution is 2.14. The quantitative estimate of drug-likeness (QED) is 0.798. The van der Waals surface area contributed by atoms with Crippen LogP contribution in [0.2, 0.25) is 0 Å². The fourth-order valence-electron chi connectivity index (χ4n) is 1.30. The van der Waals surface area contributed by atoms with Crippen molar-refractivity contribution < 1.29 is 12.8 Å². The zero-order valence-electron chi connectivity index (χ0n) is 8.36. The largest absolute Gasteiger partial charge is 0.472 e. The summed E-state index contributed by atoms with van der Waals surface area (Å²) in [6, 6.07) is 1.60. The number of furan rings is 1. The van der Waals surface area contributed by atoms with Crippen LogP contribution in [0.4, 0.5) is 0 Å². The monoisotopic (exact) mass is 217 g/mol. The molecule has 0 aliphatic rings. The van der Waals surface area contributed by atoms with Crippen LogP contribution in [0.25, 0.3) is 0 Å². The van der Waals surface area contributed by atoms with Crippen molar-refractivity contribution in [2.75, 3.05) is 18.6 Å². The van der Waals surface area contributed by atoms with E-state index < -0.39 is 9.84 Å². The first-order valence-electron chi connectivity index (χ1n) is 4.46. The number of hydrogen-bond acceptors (Lipinski definition) is 4. The van der Waals surface area contributed by atoms with Crippen LogP contribution in [0.15, 0.2) is 23.0 Å². The molecular weight excluding hydrogens is 202 g/mol. The predicted octanol–water partition coefficient (Wildman–Crippen LogP) is 0.975. The average molecular weight is 217 g/mol. The molecule has 0 bridgehead atoms. The van der Waals surface area contributed by atoms with Crippen molar-refractivity contribution >= 4 is 9.84 Å². The van der Waals surface area contributed by atoms with Crippen LogP contribution in [-0.4, -0.2) is 27.0 Å². The van der Waals surface area contributed by atoms with E-state index in [1.807, 2.05) is 6.92 Å². The first kappa shape index (κ1) is 11.3. The summed E-state index contributed by atoms with van der Waals surface area (Å²) < 4.78 is 27.2. The molecule has 0 saturated heterocycles. The number of rotatable bonds is 5. The molecule has 0 amide bonds. The highest BCUT2D eigenvalue weighted by Gasteiger charge is 2.16. The number of nitrogens with one attached hydrogen (secondary N) is 1. The van der Waals surface area contributed by atoms with Crippen molar-refractivity contribution in [1.29, 1.82) is 0 Å². The minimum atomic E-state index is -2.98. The predicted molar refractivity (Wildman–Crippen MR) is 54.8 cm³/mol. The molecule has 1 N–H and O–H groups in total. The Morgan fingerprint density at radius 1 is 1.57 bits per heavy atom. The molecule has 0 saturated carbocycles. The van der Waals surface area contributed by atoms with Crippen LogP contribution >= 0.6 is 0 Å². The minimum Gasteiger partial charge on any atom is -0.472 e. The Labute approximate surface area is 84.2 Å². The van der Waals surface area contributed by atoms with Gasteiger partial charge in [-0.25, -0.2) is 8.42 Å². The number of hydrogen-bond donors (Lipinski definition) is 1. The number of sulfone groups is 1. The van der Waals surface area contributed by atoms with Gasteiger partial charge in [0.25, 0.3) is 0 Å². The Bertz CT molecular complexity index is 355. The minimum absolute atomic E-state index is 0.0976. The van der Waals surface area contributed by atoms with E-state index in [1.54, 1.807) is 18.6 Å². The summed E-state index contributed by atoms with van der Waals surface area (Å²) in [5.41, 5.74) is 0.872. The molecule has 80 valence electrons. The average Bonchev–Trinajstić information content (AvgIpc) is 2.52. The van der Waals surface area contributed by atoms with Gasteiger partial charge >= 0.3 is 0 Å². The second kappa shape index (κ2) is 4.61. The van der Waals surface area contributed by atoms with E-state index >= 15 is 0 Å². The standard InChI is InChI=1S/C9H15NO3S/c1-3-10-9(7-14(2,11)12)8-4-5-13-6-8/h4-6,9-10H,3,7H2,1-2H3. The second-order valence-corrected chi connectivity index (χ2v) is 5.44. The van der Waals surface area contributed by atoms with Gasteiger partial charge in [-0.1, -0.05) is 6.92 Å². The van der Waals surface area contributed by atoms with E-state index in [9.17, 15) is 8.42 Å². The highest BCUT2D eigenvalue weighted by molar-refractivity contribution is 7.90. The molecule has 1 unspecified atom stereocenters. The zero-order chi connectivity index (χ0) is 10.6. The Kier molecular flexibility index (Phi) is 3.71. The fourth-order valence-corrected chi connectivity index (χ4v) is 2.21. The Balaban J connectivity index is 2.75. The van der Waals surface area contributed by atoms with E-state index in [-0.39, 0.29) is 11.8 Å². The normalized spacial score (nSPS) is 14.1. The Morgan fingerprint density at radius 3 is 2.71 bits per heavy atom.